The zero-order valence-electron chi connectivity index (χ0n) is 15.5. The van der Waals surface area contributed by atoms with Gasteiger partial charge in [-0.2, -0.15) is 0 Å². The lowest BCUT2D eigenvalue weighted by molar-refractivity contribution is -0.116. The monoisotopic (exact) mass is 373 g/mol. The van der Waals surface area contributed by atoms with Gasteiger partial charge in [-0.25, -0.2) is 9.78 Å². The van der Waals surface area contributed by atoms with Gasteiger partial charge in [-0.1, -0.05) is 38.1 Å². The quantitative estimate of drug-likeness (QED) is 0.519. The molecule has 26 heavy (non-hydrogen) atoms. The van der Waals surface area contributed by atoms with Crippen molar-refractivity contribution in [2.75, 3.05) is 6.61 Å². The molecule has 0 unspecified atom stereocenters. The van der Waals surface area contributed by atoms with Gasteiger partial charge in [-0.05, 0) is 25.3 Å². The van der Waals surface area contributed by atoms with Crippen LogP contribution in [0.1, 0.15) is 57.1 Å². The lowest BCUT2D eigenvalue weighted by Gasteiger charge is -2.05. The number of Topliss-reactive ketones (excluding diaryl/α,β-unsaturated/α-hetero) is 2. The molecule has 138 valence electrons. The van der Waals surface area contributed by atoms with Gasteiger partial charge >= 0.3 is 5.97 Å². The first kappa shape index (κ1) is 20.0. The van der Waals surface area contributed by atoms with Crippen LogP contribution in [0, 0.1) is 12.8 Å². The number of ether oxygens (including phenoxy) is 1. The SMILES string of the molecule is CC(=O)Cc1ccc(C(=O)Cc2nc(C)c(C(=O)OCC(C)C)s2)cc1. The van der Waals surface area contributed by atoms with E-state index in [2.05, 4.69) is 4.98 Å². The van der Waals surface area contributed by atoms with Crippen molar-refractivity contribution in [3.8, 4) is 0 Å². The average molecular weight is 373 g/mol. The van der Waals surface area contributed by atoms with Crippen LogP contribution in [0.2, 0.25) is 0 Å². The summed E-state index contributed by atoms with van der Waals surface area (Å²) < 4.78 is 5.24. The summed E-state index contributed by atoms with van der Waals surface area (Å²) in [5.74, 6) is -0.116. The average Bonchev–Trinajstić information content (AvgIpc) is 2.93. The molecule has 0 saturated heterocycles. The van der Waals surface area contributed by atoms with E-state index in [1.54, 1.807) is 31.2 Å². The van der Waals surface area contributed by atoms with Crippen LogP contribution in [0.3, 0.4) is 0 Å². The summed E-state index contributed by atoms with van der Waals surface area (Å²) in [5.41, 5.74) is 2.03. The van der Waals surface area contributed by atoms with Crippen LogP contribution < -0.4 is 0 Å². The van der Waals surface area contributed by atoms with Gasteiger partial charge in [-0.15, -0.1) is 11.3 Å². The Balaban J connectivity index is 2.04. The summed E-state index contributed by atoms with van der Waals surface area (Å²) in [4.78, 5) is 40.5. The third-order valence-electron chi connectivity index (χ3n) is 3.61. The Bertz CT molecular complexity index is 806. The molecule has 2 rings (SSSR count). The van der Waals surface area contributed by atoms with Gasteiger partial charge in [0.2, 0.25) is 0 Å². The van der Waals surface area contributed by atoms with E-state index in [4.69, 9.17) is 4.74 Å². The highest BCUT2D eigenvalue weighted by atomic mass is 32.1. The summed E-state index contributed by atoms with van der Waals surface area (Å²) >= 11 is 1.20. The highest BCUT2D eigenvalue weighted by Crippen LogP contribution is 2.21. The van der Waals surface area contributed by atoms with Crippen molar-refractivity contribution in [1.82, 2.24) is 4.98 Å². The van der Waals surface area contributed by atoms with E-state index < -0.39 is 0 Å². The Hall–Kier alpha value is -2.34. The van der Waals surface area contributed by atoms with Gasteiger partial charge in [-0.3, -0.25) is 9.59 Å². The summed E-state index contributed by atoms with van der Waals surface area (Å²) in [7, 11) is 0. The smallest absolute Gasteiger partial charge is 0.350 e. The zero-order chi connectivity index (χ0) is 19.3. The fourth-order valence-corrected chi connectivity index (χ4v) is 3.32. The molecular weight excluding hydrogens is 350 g/mol. The molecule has 0 radical (unpaired) electrons. The third kappa shape index (κ3) is 5.59. The van der Waals surface area contributed by atoms with Crippen LogP contribution in [0.15, 0.2) is 24.3 Å². The van der Waals surface area contributed by atoms with Crippen LogP contribution in [-0.2, 0) is 22.4 Å². The van der Waals surface area contributed by atoms with Crippen molar-refractivity contribution in [3.63, 3.8) is 0 Å². The molecule has 0 aliphatic heterocycles. The van der Waals surface area contributed by atoms with E-state index in [-0.39, 0.29) is 29.9 Å². The Morgan fingerprint density at radius 2 is 1.77 bits per heavy atom. The van der Waals surface area contributed by atoms with Crippen LogP contribution in [-0.4, -0.2) is 29.1 Å². The second-order valence-corrected chi connectivity index (χ2v) is 7.77. The first-order valence-electron chi connectivity index (χ1n) is 8.51. The van der Waals surface area contributed by atoms with Gasteiger partial charge in [0.1, 0.15) is 15.7 Å². The molecule has 0 aliphatic rings. The molecule has 0 atom stereocenters. The first-order chi connectivity index (χ1) is 12.3. The summed E-state index contributed by atoms with van der Waals surface area (Å²) in [6, 6.07) is 7.02. The predicted molar refractivity (Wildman–Crippen MR) is 101 cm³/mol. The van der Waals surface area contributed by atoms with E-state index >= 15 is 0 Å². The second-order valence-electron chi connectivity index (χ2n) is 6.69. The minimum absolute atomic E-state index is 0.0739. The number of carbonyl (C=O) groups is 3. The normalized spacial score (nSPS) is 10.8. The topological polar surface area (TPSA) is 73.3 Å². The molecule has 0 fully saturated rings. The number of rotatable bonds is 8. The molecule has 2 aromatic rings. The van der Waals surface area contributed by atoms with E-state index in [1.807, 2.05) is 13.8 Å². The zero-order valence-corrected chi connectivity index (χ0v) is 16.3. The van der Waals surface area contributed by atoms with Crippen molar-refractivity contribution < 1.29 is 19.1 Å². The van der Waals surface area contributed by atoms with Gasteiger partial charge in [0.25, 0.3) is 0 Å². The molecule has 0 saturated carbocycles. The number of aryl methyl sites for hydroxylation is 1. The highest BCUT2D eigenvalue weighted by molar-refractivity contribution is 7.13. The number of hydrogen-bond donors (Lipinski definition) is 0. The van der Waals surface area contributed by atoms with E-state index in [9.17, 15) is 14.4 Å². The van der Waals surface area contributed by atoms with Crippen molar-refractivity contribution >= 4 is 28.9 Å². The van der Waals surface area contributed by atoms with Crippen LogP contribution in [0.4, 0.5) is 0 Å². The van der Waals surface area contributed by atoms with Crippen molar-refractivity contribution in [1.29, 1.82) is 0 Å². The molecule has 1 heterocycles. The standard InChI is InChI=1S/C20H23NO4S/c1-12(2)11-25-20(24)19-14(4)21-18(26-19)10-17(23)16-7-5-15(6-8-16)9-13(3)22/h5-8,12H,9-11H2,1-4H3. The number of esters is 1. The molecular formula is C20H23NO4S. The minimum Gasteiger partial charge on any atom is -0.461 e. The lowest BCUT2D eigenvalue weighted by atomic mass is 10.0. The van der Waals surface area contributed by atoms with Gasteiger partial charge < -0.3 is 4.74 Å². The lowest BCUT2D eigenvalue weighted by Crippen LogP contribution is -2.09. The Morgan fingerprint density at radius 1 is 1.12 bits per heavy atom. The van der Waals surface area contributed by atoms with Gasteiger partial charge in [0.05, 0.1) is 18.7 Å². The van der Waals surface area contributed by atoms with Crippen molar-refractivity contribution in [3.05, 3.63) is 51.0 Å². The molecule has 1 aromatic heterocycles. The minimum atomic E-state index is -0.388. The Kier molecular flexibility index (Phi) is 6.80. The largest absolute Gasteiger partial charge is 0.461 e. The van der Waals surface area contributed by atoms with Crippen LogP contribution in [0.5, 0.6) is 0 Å². The van der Waals surface area contributed by atoms with Crippen molar-refractivity contribution in [2.24, 2.45) is 5.92 Å². The maximum absolute atomic E-state index is 12.4. The second kappa shape index (κ2) is 8.85. The van der Waals surface area contributed by atoms with E-state index in [1.165, 1.54) is 18.3 Å². The van der Waals surface area contributed by atoms with Crippen LogP contribution in [0.25, 0.3) is 0 Å². The molecule has 0 spiro atoms. The molecule has 1 aromatic carbocycles. The molecule has 0 N–H and O–H groups in total. The number of benzene rings is 1. The fraction of sp³-hybridized carbons (Fsp3) is 0.400. The van der Waals surface area contributed by atoms with Crippen molar-refractivity contribution in [2.45, 2.75) is 40.5 Å². The number of ketones is 2. The van der Waals surface area contributed by atoms with E-state index in [0.29, 0.717) is 34.2 Å². The molecule has 0 amide bonds. The predicted octanol–water partition coefficient (Wildman–Crippen LogP) is 3.82. The molecule has 0 aliphatic carbocycles. The maximum Gasteiger partial charge on any atom is 0.350 e. The maximum atomic E-state index is 12.4. The number of nitrogens with zero attached hydrogens (tertiary/aromatic N) is 1. The van der Waals surface area contributed by atoms with Gasteiger partial charge in [0.15, 0.2) is 5.78 Å². The molecule has 0 bridgehead atoms. The third-order valence-corrected chi connectivity index (χ3v) is 4.75. The summed E-state index contributed by atoms with van der Waals surface area (Å²) in [6.07, 6.45) is 0.497. The van der Waals surface area contributed by atoms with Gasteiger partial charge in [0, 0.05) is 12.0 Å². The summed E-state index contributed by atoms with van der Waals surface area (Å²) in [6.45, 7) is 7.58. The highest BCUT2D eigenvalue weighted by Gasteiger charge is 2.19. The molecule has 6 heteroatoms. The number of hydrogen-bond acceptors (Lipinski definition) is 6. The van der Waals surface area contributed by atoms with E-state index in [0.717, 1.165) is 5.56 Å². The number of thiazole rings is 1. The Morgan fingerprint density at radius 3 is 2.35 bits per heavy atom. The fourth-order valence-electron chi connectivity index (χ4n) is 2.36. The number of aromatic nitrogens is 1. The molecule has 5 nitrogen and oxygen atoms in total. The Labute approximate surface area is 157 Å². The summed E-state index contributed by atoms with van der Waals surface area (Å²) in [5, 5.41) is 0.594. The first-order valence-corrected chi connectivity index (χ1v) is 9.33. The van der Waals surface area contributed by atoms with Crippen LogP contribution >= 0.6 is 11.3 Å². The number of carbonyl (C=O) groups excluding carboxylic acids is 3.